The van der Waals surface area contributed by atoms with Gasteiger partial charge in [0.15, 0.2) is 11.3 Å². The van der Waals surface area contributed by atoms with Gasteiger partial charge in [-0.3, -0.25) is 4.79 Å². The van der Waals surface area contributed by atoms with E-state index >= 15 is 0 Å². The fourth-order valence-corrected chi connectivity index (χ4v) is 1.74. The molecule has 0 spiro atoms. The van der Waals surface area contributed by atoms with E-state index in [4.69, 9.17) is 15.9 Å². The molecular weight excluding hydrogens is 234 g/mol. The van der Waals surface area contributed by atoms with Crippen LogP contribution in [0.1, 0.15) is 58.3 Å². The molecule has 0 aliphatic carbocycles. The number of ketones is 1. The van der Waals surface area contributed by atoms with Crippen LogP contribution < -0.4 is 5.73 Å². The lowest BCUT2D eigenvalue weighted by Gasteiger charge is -2.20. The number of hydrogen-bond acceptors (Lipinski definition) is 4. The molecule has 5 nitrogen and oxygen atoms in total. The van der Waals surface area contributed by atoms with Gasteiger partial charge >= 0.3 is 5.97 Å². The van der Waals surface area contributed by atoms with E-state index < -0.39 is 23.9 Å². The fraction of sp³-hybridized carbons (Fsp3) is 0.846. The molecule has 0 aromatic rings. The third-order valence-corrected chi connectivity index (χ3v) is 3.14. The number of Topliss-reactive ketones (excluding diaryl/α,β-unsaturated/α-hetero) is 1. The Balaban J connectivity index is 3.79. The minimum absolute atomic E-state index is 0.122. The second kappa shape index (κ2) is 9.05. The van der Waals surface area contributed by atoms with Gasteiger partial charge in [-0.1, -0.05) is 45.4 Å². The van der Waals surface area contributed by atoms with Crippen LogP contribution in [0.25, 0.3) is 0 Å². The SMILES string of the molecule is CCCCCCCCCC(=O)C(N)(CO)C(=O)O. The zero-order chi connectivity index (χ0) is 14.0. The quantitative estimate of drug-likeness (QED) is 0.385. The number of carbonyl (C=O) groups is 2. The number of aliphatic hydroxyl groups excluding tert-OH is 1. The molecule has 1 atom stereocenters. The van der Waals surface area contributed by atoms with Crippen molar-refractivity contribution in [3.63, 3.8) is 0 Å². The van der Waals surface area contributed by atoms with Crippen LogP contribution in [0.4, 0.5) is 0 Å². The lowest BCUT2D eigenvalue weighted by molar-refractivity contribution is -0.150. The van der Waals surface area contributed by atoms with Crippen LogP contribution in [0.2, 0.25) is 0 Å². The summed E-state index contributed by atoms with van der Waals surface area (Å²) in [5.74, 6) is -2.05. The topological polar surface area (TPSA) is 101 Å². The zero-order valence-corrected chi connectivity index (χ0v) is 11.2. The number of aliphatic hydroxyl groups is 1. The standard InChI is InChI=1S/C13H25NO4/c1-2-3-4-5-6-7-8-9-11(16)13(14,10-15)12(17)18/h15H,2-10,14H2,1H3,(H,17,18). The van der Waals surface area contributed by atoms with Crippen molar-refractivity contribution in [2.24, 2.45) is 5.73 Å². The van der Waals surface area contributed by atoms with Gasteiger partial charge in [-0.05, 0) is 6.42 Å². The van der Waals surface area contributed by atoms with Gasteiger partial charge in [-0.15, -0.1) is 0 Å². The average Bonchev–Trinajstić information content (AvgIpc) is 2.36. The first-order valence-electron chi connectivity index (χ1n) is 6.65. The Labute approximate surface area is 108 Å². The van der Waals surface area contributed by atoms with Crippen molar-refractivity contribution in [1.29, 1.82) is 0 Å². The summed E-state index contributed by atoms with van der Waals surface area (Å²) in [6.45, 7) is 1.30. The highest BCUT2D eigenvalue weighted by molar-refractivity contribution is 6.07. The van der Waals surface area contributed by atoms with Crippen LogP contribution in [-0.4, -0.2) is 34.1 Å². The molecule has 4 N–H and O–H groups in total. The van der Waals surface area contributed by atoms with E-state index in [2.05, 4.69) is 6.92 Å². The Bertz CT molecular complexity index is 268. The Morgan fingerprint density at radius 1 is 1.06 bits per heavy atom. The van der Waals surface area contributed by atoms with Crippen molar-refractivity contribution >= 4 is 11.8 Å². The third kappa shape index (κ3) is 5.60. The highest BCUT2D eigenvalue weighted by Crippen LogP contribution is 2.12. The molecule has 0 aliphatic heterocycles. The van der Waals surface area contributed by atoms with Crippen LogP contribution >= 0.6 is 0 Å². The van der Waals surface area contributed by atoms with Crippen LogP contribution in [0.3, 0.4) is 0 Å². The monoisotopic (exact) mass is 259 g/mol. The van der Waals surface area contributed by atoms with Crippen LogP contribution in [0, 0.1) is 0 Å². The van der Waals surface area contributed by atoms with E-state index in [1.165, 1.54) is 19.3 Å². The van der Waals surface area contributed by atoms with Crippen molar-refractivity contribution in [3.05, 3.63) is 0 Å². The number of carboxylic acid groups (broad SMARTS) is 1. The fourth-order valence-electron chi connectivity index (χ4n) is 1.74. The molecule has 5 heteroatoms. The van der Waals surface area contributed by atoms with Crippen LogP contribution in [-0.2, 0) is 9.59 Å². The minimum Gasteiger partial charge on any atom is -0.479 e. The normalized spacial score (nSPS) is 14.2. The Kier molecular flexibility index (Phi) is 8.58. The molecule has 0 bridgehead atoms. The summed E-state index contributed by atoms with van der Waals surface area (Å²) >= 11 is 0. The molecule has 106 valence electrons. The second-order valence-corrected chi connectivity index (χ2v) is 4.73. The molecule has 1 unspecified atom stereocenters. The number of aliphatic carboxylic acids is 1. The molecule has 0 rings (SSSR count). The molecule has 18 heavy (non-hydrogen) atoms. The van der Waals surface area contributed by atoms with Crippen molar-refractivity contribution in [2.75, 3.05) is 6.61 Å². The molecule has 0 amide bonds. The van der Waals surface area contributed by atoms with Crippen molar-refractivity contribution in [2.45, 2.75) is 63.8 Å². The summed E-state index contributed by atoms with van der Waals surface area (Å²) in [5, 5.41) is 17.7. The summed E-state index contributed by atoms with van der Waals surface area (Å²) < 4.78 is 0. The van der Waals surface area contributed by atoms with Gasteiger partial charge in [0.1, 0.15) is 0 Å². The number of carboxylic acids is 1. The van der Waals surface area contributed by atoms with Gasteiger partial charge < -0.3 is 15.9 Å². The maximum atomic E-state index is 11.6. The smallest absolute Gasteiger partial charge is 0.333 e. The van der Waals surface area contributed by atoms with Gasteiger partial charge in [-0.25, -0.2) is 4.79 Å². The van der Waals surface area contributed by atoms with Crippen molar-refractivity contribution in [3.8, 4) is 0 Å². The van der Waals surface area contributed by atoms with Crippen molar-refractivity contribution in [1.82, 2.24) is 0 Å². The summed E-state index contributed by atoms with van der Waals surface area (Å²) in [4.78, 5) is 22.4. The second-order valence-electron chi connectivity index (χ2n) is 4.73. The third-order valence-electron chi connectivity index (χ3n) is 3.14. The van der Waals surface area contributed by atoms with E-state index in [1.807, 2.05) is 0 Å². The molecular formula is C13H25NO4. The summed E-state index contributed by atoms with van der Waals surface area (Å²) in [7, 11) is 0. The molecule has 0 aromatic carbocycles. The number of rotatable bonds is 11. The Hall–Kier alpha value is -0.940. The summed E-state index contributed by atoms with van der Waals surface area (Å²) in [5.41, 5.74) is 3.24. The van der Waals surface area contributed by atoms with Crippen LogP contribution in [0.5, 0.6) is 0 Å². The highest BCUT2D eigenvalue weighted by Gasteiger charge is 2.40. The number of nitrogens with two attached hydrogens (primary N) is 1. The van der Waals surface area contributed by atoms with E-state index in [-0.39, 0.29) is 6.42 Å². The maximum Gasteiger partial charge on any atom is 0.333 e. The Morgan fingerprint density at radius 3 is 2.00 bits per heavy atom. The predicted molar refractivity (Wildman–Crippen MR) is 69.3 cm³/mol. The zero-order valence-electron chi connectivity index (χ0n) is 11.2. The van der Waals surface area contributed by atoms with Gasteiger partial charge in [0.25, 0.3) is 0 Å². The maximum absolute atomic E-state index is 11.6. The molecule has 0 heterocycles. The number of carbonyl (C=O) groups excluding carboxylic acids is 1. The van der Waals surface area contributed by atoms with E-state index in [9.17, 15) is 9.59 Å². The van der Waals surface area contributed by atoms with Gasteiger partial charge in [0.2, 0.25) is 0 Å². The molecule has 0 radical (unpaired) electrons. The average molecular weight is 259 g/mol. The molecule has 0 fully saturated rings. The number of hydrogen-bond donors (Lipinski definition) is 3. The highest BCUT2D eigenvalue weighted by atomic mass is 16.4. The lowest BCUT2D eigenvalue weighted by atomic mass is 9.92. The molecule has 0 saturated carbocycles. The number of unbranched alkanes of at least 4 members (excludes halogenated alkanes) is 6. The molecule has 0 aliphatic rings. The van der Waals surface area contributed by atoms with Crippen molar-refractivity contribution < 1.29 is 19.8 Å². The summed E-state index contributed by atoms with van der Waals surface area (Å²) in [6.07, 6.45) is 7.49. The first kappa shape index (κ1) is 17.1. The molecule has 0 saturated heterocycles. The first-order chi connectivity index (χ1) is 8.49. The summed E-state index contributed by atoms with van der Waals surface area (Å²) in [6, 6.07) is 0. The predicted octanol–water partition coefficient (Wildman–Crippen LogP) is 1.47. The van der Waals surface area contributed by atoms with E-state index in [0.29, 0.717) is 6.42 Å². The van der Waals surface area contributed by atoms with Gasteiger partial charge in [0, 0.05) is 6.42 Å². The lowest BCUT2D eigenvalue weighted by Crippen LogP contribution is -2.57. The van der Waals surface area contributed by atoms with Crippen LogP contribution in [0.15, 0.2) is 0 Å². The minimum atomic E-state index is -2.12. The molecule has 0 aromatic heterocycles. The van der Waals surface area contributed by atoms with Gasteiger partial charge in [0.05, 0.1) is 6.61 Å². The van der Waals surface area contributed by atoms with E-state index in [1.54, 1.807) is 0 Å². The largest absolute Gasteiger partial charge is 0.479 e. The first-order valence-corrected chi connectivity index (χ1v) is 6.65. The Morgan fingerprint density at radius 2 is 1.56 bits per heavy atom. The van der Waals surface area contributed by atoms with Gasteiger partial charge in [-0.2, -0.15) is 0 Å². The van der Waals surface area contributed by atoms with E-state index in [0.717, 1.165) is 19.3 Å².